The van der Waals surface area contributed by atoms with Gasteiger partial charge in [0.2, 0.25) is 0 Å². The Labute approximate surface area is 142 Å². The van der Waals surface area contributed by atoms with Crippen molar-refractivity contribution in [2.75, 3.05) is 13.1 Å². The number of piperidine rings is 1. The van der Waals surface area contributed by atoms with Gasteiger partial charge in [-0.3, -0.25) is 4.79 Å². The Bertz CT molecular complexity index is 677. The Morgan fingerprint density at radius 2 is 2.13 bits per heavy atom. The largest absolute Gasteiger partial charge is 0.348 e. The van der Waals surface area contributed by atoms with Crippen molar-refractivity contribution in [3.05, 3.63) is 47.3 Å². The van der Waals surface area contributed by atoms with Gasteiger partial charge < -0.3 is 10.6 Å². The number of hydrogen-bond donors (Lipinski definition) is 2. The molecule has 0 bridgehead atoms. The van der Waals surface area contributed by atoms with E-state index in [2.05, 4.69) is 15.7 Å². The van der Waals surface area contributed by atoms with E-state index in [9.17, 15) is 4.79 Å². The van der Waals surface area contributed by atoms with Crippen LogP contribution in [0.3, 0.4) is 0 Å². The lowest BCUT2D eigenvalue weighted by Gasteiger charge is -2.23. The van der Waals surface area contributed by atoms with E-state index >= 15 is 0 Å². The maximum atomic E-state index is 12.5. The van der Waals surface area contributed by atoms with Crippen LogP contribution in [0.2, 0.25) is 0 Å². The van der Waals surface area contributed by atoms with Crippen LogP contribution in [0.15, 0.2) is 30.5 Å². The van der Waals surface area contributed by atoms with Crippen LogP contribution in [0.1, 0.15) is 34.5 Å². The first-order chi connectivity index (χ1) is 10.7. The Balaban J connectivity index is 0.00000192. The number of benzene rings is 1. The van der Waals surface area contributed by atoms with Gasteiger partial charge in [-0.2, -0.15) is 5.10 Å². The average Bonchev–Trinajstić information content (AvgIpc) is 2.90. The summed E-state index contributed by atoms with van der Waals surface area (Å²) in [6.45, 7) is 5.87. The van der Waals surface area contributed by atoms with Gasteiger partial charge in [-0.1, -0.05) is 18.2 Å². The number of carbonyl (C=O) groups excluding carboxylic acids is 1. The Hall–Kier alpha value is -1.85. The van der Waals surface area contributed by atoms with Crippen molar-refractivity contribution in [3.63, 3.8) is 0 Å². The highest BCUT2D eigenvalue weighted by molar-refractivity contribution is 5.95. The van der Waals surface area contributed by atoms with Crippen molar-refractivity contribution in [2.24, 2.45) is 0 Å². The monoisotopic (exact) mass is 334 g/mol. The summed E-state index contributed by atoms with van der Waals surface area (Å²) in [6, 6.07) is 8.26. The fraction of sp³-hybridized carbons (Fsp3) is 0.412. The van der Waals surface area contributed by atoms with Gasteiger partial charge in [0.1, 0.15) is 0 Å². The normalized spacial score (nSPS) is 17.4. The summed E-state index contributed by atoms with van der Waals surface area (Å²) in [6.07, 6.45) is 3.80. The zero-order valence-electron chi connectivity index (χ0n) is 13.5. The first-order valence-corrected chi connectivity index (χ1v) is 7.79. The molecular formula is C17H23ClN4O. The molecule has 1 fully saturated rings. The van der Waals surface area contributed by atoms with Crippen LogP contribution >= 0.6 is 12.4 Å². The smallest absolute Gasteiger partial charge is 0.255 e. The molecule has 1 saturated heterocycles. The minimum Gasteiger partial charge on any atom is -0.348 e. The molecule has 1 aromatic heterocycles. The highest BCUT2D eigenvalue weighted by Crippen LogP contribution is 2.17. The van der Waals surface area contributed by atoms with Gasteiger partial charge in [0.25, 0.3) is 5.91 Å². The first kappa shape index (κ1) is 17.5. The van der Waals surface area contributed by atoms with Crippen molar-refractivity contribution < 1.29 is 4.79 Å². The summed E-state index contributed by atoms with van der Waals surface area (Å²) in [7, 11) is 0. The number of hydrogen-bond acceptors (Lipinski definition) is 3. The molecule has 6 heteroatoms. The summed E-state index contributed by atoms with van der Waals surface area (Å²) in [4.78, 5) is 12.5. The number of para-hydroxylation sites is 1. The third-order valence-corrected chi connectivity index (χ3v) is 4.23. The van der Waals surface area contributed by atoms with E-state index in [1.54, 1.807) is 6.20 Å². The van der Waals surface area contributed by atoms with E-state index in [-0.39, 0.29) is 24.4 Å². The van der Waals surface area contributed by atoms with Crippen molar-refractivity contribution in [1.29, 1.82) is 0 Å². The lowest BCUT2D eigenvalue weighted by Crippen LogP contribution is -2.45. The average molecular weight is 335 g/mol. The maximum Gasteiger partial charge on any atom is 0.255 e. The zero-order chi connectivity index (χ0) is 15.5. The molecular weight excluding hydrogens is 312 g/mol. The Kier molecular flexibility index (Phi) is 5.80. The Morgan fingerprint density at radius 1 is 1.35 bits per heavy atom. The van der Waals surface area contributed by atoms with E-state index in [0.717, 1.165) is 42.9 Å². The minimum atomic E-state index is -0.0361. The maximum absolute atomic E-state index is 12.5. The van der Waals surface area contributed by atoms with Crippen LogP contribution in [0.25, 0.3) is 5.69 Å². The van der Waals surface area contributed by atoms with Crippen LogP contribution in [0.4, 0.5) is 0 Å². The lowest BCUT2D eigenvalue weighted by molar-refractivity contribution is 0.0930. The zero-order valence-corrected chi connectivity index (χ0v) is 14.3. The molecule has 2 aromatic rings. The van der Waals surface area contributed by atoms with Crippen molar-refractivity contribution in [1.82, 2.24) is 20.4 Å². The molecule has 0 unspecified atom stereocenters. The van der Waals surface area contributed by atoms with Crippen LogP contribution in [-0.4, -0.2) is 34.8 Å². The molecule has 0 saturated carbocycles. The number of rotatable bonds is 3. The summed E-state index contributed by atoms with van der Waals surface area (Å²) < 4.78 is 1.84. The van der Waals surface area contributed by atoms with Crippen molar-refractivity contribution in [2.45, 2.75) is 32.7 Å². The Morgan fingerprint density at radius 3 is 2.83 bits per heavy atom. The number of amides is 1. The molecule has 0 aliphatic carbocycles. The molecule has 1 aliphatic rings. The number of halogens is 1. The number of nitrogens with zero attached hydrogens (tertiary/aromatic N) is 2. The van der Waals surface area contributed by atoms with Gasteiger partial charge in [0, 0.05) is 12.6 Å². The number of aromatic nitrogens is 2. The summed E-state index contributed by atoms with van der Waals surface area (Å²) >= 11 is 0. The van der Waals surface area contributed by atoms with Gasteiger partial charge in [-0.15, -0.1) is 12.4 Å². The van der Waals surface area contributed by atoms with Gasteiger partial charge in [-0.05, 0) is 44.9 Å². The third kappa shape index (κ3) is 3.74. The highest BCUT2D eigenvalue weighted by Gasteiger charge is 2.20. The minimum absolute atomic E-state index is 0. The molecule has 1 atom stereocenters. The molecule has 5 nitrogen and oxygen atoms in total. The molecule has 1 aliphatic heterocycles. The number of nitrogens with one attached hydrogen (secondary N) is 2. The fourth-order valence-electron chi connectivity index (χ4n) is 2.91. The van der Waals surface area contributed by atoms with Gasteiger partial charge in [0.05, 0.1) is 23.1 Å². The predicted octanol–water partition coefficient (Wildman–Crippen LogP) is 2.39. The summed E-state index contributed by atoms with van der Waals surface area (Å²) in [5, 5.41) is 10.8. The van der Waals surface area contributed by atoms with E-state index in [1.807, 2.05) is 42.8 Å². The van der Waals surface area contributed by atoms with E-state index in [0.29, 0.717) is 5.56 Å². The third-order valence-electron chi connectivity index (χ3n) is 4.23. The SMILES string of the molecule is Cc1ccccc1-n1ncc(C(=O)N[C@H]2CCCNC2)c1C.Cl. The summed E-state index contributed by atoms with van der Waals surface area (Å²) in [5.41, 5.74) is 3.67. The summed E-state index contributed by atoms with van der Waals surface area (Å²) in [5.74, 6) is -0.0361. The molecule has 0 radical (unpaired) electrons. The van der Waals surface area contributed by atoms with Crippen LogP contribution < -0.4 is 10.6 Å². The van der Waals surface area contributed by atoms with E-state index in [1.165, 1.54) is 0 Å². The second-order valence-corrected chi connectivity index (χ2v) is 5.86. The van der Waals surface area contributed by atoms with Crippen LogP contribution in [-0.2, 0) is 0 Å². The first-order valence-electron chi connectivity index (χ1n) is 7.79. The molecule has 2 heterocycles. The molecule has 3 rings (SSSR count). The fourth-order valence-corrected chi connectivity index (χ4v) is 2.91. The second-order valence-electron chi connectivity index (χ2n) is 5.86. The second kappa shape index (κ2) is 7.62. The molecule has 1 amide bonds. The molecule has 0 spiro atoms. The van der Waals surface area contributed by atoms with Gasteiger partial charge >= 0.3 is 0 Å². The van der Waals surface area contributed by atoms with Crippen LogP contribution in [0, 0.1) is 13.8 Å². The quantitative estimate of drug-likeness (QED) is 0.906. The molecule has 1 aromatic carbocycles. The van der Waals surface area contributed by atoms with Gasteiger partial charge in [-0.25, -0.2) is 4.68 Å². The molecule has 2 N–H and O–H groups in total. The highest BCUT2D eigenvalue weighted by atomic mass is 35.5. The predicted molar refractivity (Wildman–Crippen MR) is 93.6 cm³/mol. The van der Waals surface area contributed by atoms with Gasteiger partial charge in [0.15, 0.2) is 0 Å². The molecule has 23 heavy (non-hydrogen) atoms. The van der Waals surface area contributed by atoms with Crippen molar-refractivity contribution in [3.8, 4) is 5.69 Å². The standard InChI is InChI=1S/C17H22N4O.ClH/c1-12-6-3-4-8-16(12)21-13(2)15(11-19-21)17(22)20-14-7-5-9-18-10-14;/h3-4,6,8,11,14,18H,5,7,9-10H2,1-2H3,(H,20,22);1H/t14-;/m0./s1. The van der Waals surface area contributed by atoms with Crippen molar-refractivity contribution >= 4 is 18.3 Å². The number of aryl methyl sites for hydroxylation is 1. The van der Waals surface area contributed by atoms with E-state index in [4.69, 9.17) is 0 Å². The number of carbonyl (C=O) groups is 1. The molecule has 124 valence electrons. The lowest BCUT2D eigenvalue weighted by atomic mass is 10.1. The topological polar surface area (TPSA) is 59.0 Å². The van der Waals surface area contributed by atoms with E-state index < -0.39 is 0 Å². The van der Waals surface area contributed by atoms with Crippen LogP contribution in [0.5, 0.6) is 0 Å².